The van der Waals surface area contributed by atoms with Crippen molar-refractivity contribution in [2.45, 2.75) is 26.1 Å². The maximum absolute atomic E-state index is 12.8. The third-order valence-electron chi connectivity index (χ3n) is 5.19. The summed E-state index contributed by atoms with van der Waals surface area (Å²) in [6.07, 6.45) is 0.991. The minimum atomic E-state index is -0.936. The van der Waals surface area contributed by atoms with Crippen molar-refractivity contribution in [3.05, 3.63) is 81.9 Å². The summed E-state index contributed by atoms with van der Waals surface area (Å²) < 4.78 is 10.5. The van der Waals surface area contributed by atoms with Crippen LogP contribution in [0.2, 0.25) is 0 Å². The van der Waals surface area contributed by atoms with Crippen molar-refractivity contribution < 1.29 is 19.4 Å². The predicted molar refractivity (Wildman–Crippen MR) is 122 cm³/mol. The van der Waals surface area contributed by atoms with Crippen LogP contribution in [0.5, 0.6) is 5.75 Å². The van der Waals surface area contributed by atoms with Crippen molar-refractivity contribution in [3.63, 3.8) is 0 Å². The maximum Gasteiger partial charge on any atom is 0.338 e. The van der Waals surface area contributed by atoms with E-state index in [0.29, 0.717) is 16.4 Å². The minimum absolute atomic E-state index is 0.271. The quantitative estimate of drug-likeness (QED) is 0.703. The first-order valence-corrected chi connectivity index (χ1v) is 10.9. The largest absolute Gasteiger partial charge is 0.497 e. The van der Waals surface area contributed by atoms with E-state index in [1.54, 1.807) is 18.9 Å². The zero-order valence-electron chi connectivity index (χ0n) is 17.6. The number of hydrogen-bond acceptors (Lipinski definition) is 7. The lowest BCUT2D eigenvalue weighted by Crippen LogP contribution is -2.41. The Balaban J connectivity index is 1.75. The molecule has 6 nitrogen and oxygen atoms in total. The molecule has 2 aromatic carbocycles. The molecule has 0 spiro atoms. The SMILES string of the molecule is CCOC(=O)C1=C(C)N=C2S/C(=C/c3ccc(OC)cc3)C(O)N2C1c1ccccc1. The smallest absolute Gasteiger partial charge is 0.338 e. The molecule has 2 heterocycles. The molecule has 0 radical (unpaired) electrons. The van der Waals surface area contributed by atoms with Crippen LogP contribution in [0.1, 0.15) is 31.0 Å². The molecule has 160 valence electrons. The lowest BCUT2D eigenvalue weighted by atomic mass is 9.94. The Hall–Kier alpha value is -3.03. The Morgan fingerprint density at radius 3 is 2.55 bits per heavy atom. The van der Waals surface area contributed by atoms with Crippen molar-refractivity contribution >= 4 is 29.0 Å². The summed E-state index contributed by atoms with van der Waals surface area (Å²) in [6.45, 7) is 3.86. The zero-order chi connectivity index (χ0) is 22.0. The molecule has 7 heteroatoms. The Morgan fingerprint density at radius 1 is 1.19 bits per heavy atom. The van der Waals surface area contributed by atoms with Crippen molar-refractivity contribution in [1.82, 2.24) is 4.90 Å². The molecule has 0 bridgehead atoms. The van der Waals surface area contributed by atoms with Crippen molar-refractivity contribution in [3.8, 4) is 5.75 Å². The second kappa shape index (κ2) is 8.99. The number of allylic oxidation sites excluding steroid dienone is 1. The van der Waals surface area contributed by atoms with E-state index in [4.69, 9.17) is 9.47 Å². The van der Waals surface area contributed by atoms with Crippen molar-refractivity contribution in [2.24, 2.45) is 4.99 Å². The molecule has 2 aromatic rings. The Kier molecular flexibility index (Phi) is 6.15. The first-order valence-electron chi connectivity index (χ1n) is 10.0. The summed E-state index contributed by atoms with van der Waals surface area (Å²) in [5.74, 6) is 0.355. The van der Waals surface area contributed by atoms with Gasteiger partial charge < -0.3 is 19.5 Å². The summed E-state index contributed by atoms with van der Waals surface area (Å²) >= 11 is 1.41. The van der Waals surface area contributed by atoms with Gasteiger partial charge in [-0.25, -0.2) is 9.79 Å². The number of carbonyl (C=O) groups excluding carboxylic acids is 1. The van der Waals surface area contributed by atoms with Crippen LogP contribution in [0, 0.1) is 0 Å². The number of amidine groups is 1. The highest BCUT2D eigenvalue weighted by Crippen LogP contribution is 2.47. The second-order valence-corrected chi connectivity index (χ2v) is 8.17. The first kappa shape index (κ1) is 21.2. The molecule has 1 fully saturated rings. The number of ether oxygens (including phenoxy) is 2. The van der Waals surface area contributed by atoms with Crippen LogP contribution >= 0.6 is 11.8 Å². The lowest BCUT2D eigenvalue weighted by molar-refractivity contribution is -0.139. The molecule has 2 aliphatic heterocycles. The van der Waals surface area contributed by atoms with E-state index in [-0.39, 0.29) is 6.61 Å². The standard InChI is InChI=1S/C24H24N2O4S/c1-4-30-23(28)20-15(2)25-24-26(21(20)17-8-6-5-7-9-17)22(27)19(31-24)14-16-10-12-18(29-3)13-11-16/h5-14,21-22,27H,4H2,1-3H3/b19-14+. The predicted octanol–water partition coefficient (Wildman–Crippen LogP) is 4.35. The first-order chi connectivity index (χ1) is 15.0. The Labute approximate surface area is 185 Å². The van der Waals surface area contributed by atoms with E-state index in [0.717, 1.165) is 21.8 Å². The number of aliphatic hydroxyl groups is 1. The van der Waals surface area contributed by atoms with Crippen molar-refractivity contribution in [2.75, 3.05) is 13.7 Å². The van der Waals surface area contributed by atoms with Gasteiger partial charge in [-0.05, 0) is 43.2 Å². The van der Waals surface area contributed by atoms with Gasteiger partial charge in [0.15, 0.2) is 11.4 Å². The molecule has 0 aromatic heterocycles. The number of nitrogens with zero attached hydrogens (tertiary/aromatic N) is 2. The number of esters is 1. The average molecular weight is 437 g/mol. The molecule has 0 aliphatic carbocycles. The second-order valence-electron chi connectivity index (χ2n) is 7.13. The van der Waals surface area contributed by atoms with E-state index in [1.165, 1.54) is 11.8 Å². The zero-order valence-corrected chi connectivity index (χ0v) is 18.4. The molecule has 2 unspecified atom stereocenters. The third kappa shape index (κ3) is 4.11. The van der Waals surface area contributed by atoms with Gasteiger partial charge in [-0.2, -0.15) is 0 Å². The molecule has 0 amide bonds. The van der Waals surface area contributed by atoms with Crippen LogP contribution in [0.4, 0.5) is 0 Å². The van der Waals surface area contributed by atoms with E-state index < -0.39 is 18.2 Å². The van der Waals surface area contributed by atoms with Gasteiger partial charge in [-0.3, -0.25) is 0 Å². The van der Waals surface area contributed by atoms with E-state index in [2.05, 4.69) is 4.99 Å². The molecule has 1 saturated heterocycles. The van der Waals surface area contributed by atoms with Crippen LogP contribution in [-0.2, 0) is 9.53 Å². The van der Waals surface area contributed by atoms with E-state index >= 15 is 0 Å². The molecule has 1 N–H and O–H groups in total. The van der Waals surface area contributed by atoms with Crippen LogP contribution in [0.15, 0.2) is 75.8 Å². The number of carbonyl (C=O) groups is 1. The molecular weight excluding hydrogens is 412 g/mol. The van der Waals surface area contributed by atoms with Gasteiger partial charge in [0.2, 0.25) is 0 Å². The highest BCUT2D eigenvalue weighted by atomic mass is 32.2. The highest BCUT2D eigenvalue weighted by molar-refractivity contribution is 8.17. The van der Waals surface area contributed by atoms with E-state index in [9.17, 15) is 9.90 Å². The van der Waals surface area contributed by atoms with Gasteiger partial charge in [0, 0.05) is 4.91 Å². The number of methoxy groups -OCH3 is 1. The summed E-state index contributed by atoms with van der Waals surface area (Å²) in [5.41, 5.74) is 2.88. The summed E-state index contributed by atoms with van der Waals surface area (Å²) in [4.78, 5) is 20.0. The monoisotopic (exact) mass is 436 g/mol. The fraction of sp³-hybridized carbons (Fsp3) is 0.250. The number of aliphatic imine (C=N–C) groups is 1. The number of thioether (sulfide) groups is 1. The van der Waals surface area contributed by atoms with Crippen LogP contribution in [0.3, 0.4) is 0 Å². The number of benzene rings is 2. The van der Waals surface area contributed by atoms with Crippen LogP contribution in [-0.4, -0.2) is 41.1 Å². The van der Waals surface area contributed by atoms with Gasteiger partial charge in [-0.1, -0.05) is 54.2 Å². The fourth-order valence-electron chi connectivity index (χ4n) is 3.72. The topological polar surface area (TPSA) is 71.4 Å². The highest BCUT2D eigenvalue weighted by Gasteiger charge is 2.45. The Bertz CT molecular complexity index is 1060. The normalized spacial score (nSPS) is 21.7. The Morgan fingerprint density at radius 2 is 1.90 bits per heavy atom. The van der Waals surface area contributed by atoms with Crippen LogP contribution in [0.25, 0.3) is 6.08 Å². The molecule has 31 heavy (non-hydrogen) atoms. The number of fused-ring (bicyclic) bond motifs is 1. The minimum Gasteiger partial charge on any atom is -0.497 e. The molecule has 2 aliphatic rings. The van der Waals surface area contributed by atoms with Gasteiger partial charge >= 0.3 is 5.97 Å². The van der Waals surface area contributed by atoms with Crippen molar-refractivity contribution in [1.29, 1.82) is 0 Å². The molecule has 0 saturated carbocycles. The summed E-state index contributed by atoms with van der Waals surface area (Å²) in [7, 11) is 1.63. The summed E-state index contributed by atoms with van der Waals surface area (Å²) in [5, 5.41) is 11.9. The average Bonchev–Trinajstić information content (AvgIpc) is 3.08. The number of rotatable bonds is 5. The van der Waals surface area contributed by atoms with Gasteiger partial charge in [0.25, 0.3) is 0 Å². The van der Waals surface area contributed by atoms with Gasteiger partial charge in [-0.15, -0.1) is 0 Å². The van der Waals surface area contributed by atoms with Gasteiger partial charge in [0.05, 0.1) is 31.0 Å². The number of hydrogen-bond donors (Lipinski definition) is 1. The lowest BCUT2D eigenvalue weighted by Gasteiger charge is -2.36. The molecule has 2 atom stereocenters. The molecule has 4 rings (SSSR count). The van der Waals surface area contributed by atoms with E-state index in [1.807, 2.05) is 67.6 Å². The summed E-state index contributed by atoms with van der Waals surface area (Å²) in [6, 6.07) is 16.8. The van der Waals surface area contributed by atoms with Crippen LogP contribution < -0.4 is 4.74 Å². The maximum atomic E-state index is 12.8. The van der Waals surface area contributed by atoms with Gasteiger partial charge in [0.1, 0.15) is 5.75 Å². The fourth-order valence-corrected chi connectivity index (χ4v) is 4.84. The number of aliphatic hydroxyl groups excluding tert-OH is 1. The third-order valence-corrected chi connectivity index (χ3v) is 6.24. The molecular formula is C24H24N2O4S.